The quantitative estimate of drug-likeness (QED) is 0.184. The third kappa shape index (κ3) is 3.76. The highest BCUT2D eigenvalue weighted by Gasteiger charge is 2.26. The maximum Gasteiger partial charge on any atom is 0.165 e. The van der Waals surface area contributed by atoms with Gasteiger partial charge in [-0.2, -0.15) is 0 Å². The molecule has 0 saturated heterocycles. The predicted molar refractivity (Wildman–Crippen MR) is 228 cm³/mol. The van der Waals surface area contributed by atoms with Gasteiger partial charge >= 0.3 is 0 Å². The Morgan fingerprint density at radius 1 is 0.345 bits per heavy atom. The highest BCUT2D eigenvalue weighted by molar-refractivity contribution is 6.35. The lowest BCUT2D eigenvalue weighted by atomic mass is 10.0. The van der Waals surface area contributed by atoms with Gasteiger partial charge in [0.25, 0.3) is 0 Å². The molecule has 0 atom stereocenters. The van der Waals surface area contributed by atoms with Crippen molar-refractivity contribution in [3.05, 3.63) is 176 Å². The van der Waals surface area contributed by atoms with E-state index in [-0.39, 0.29) is 0 Å². The smallest absolute Gasteiger partial charge is 0.165 e. The lowest BCUT2D eigenvalue weighted by molar-refractivity contribution is 1.08. The molecule has 0 bridgehead atoms. The van der Waals surface area contributed by atoms with Gasteiger partial charge in [-0.3, -0.25) is 4.57 Å². The molecule has 0 amide bonds. The minimum absolute atomic E-state index is 0.813. The summed E-state index contributed by atoms with van der Waals surface area (Å²) in [5.41, 5.74) is 12.9. The lowest BCUT2D eigenvalue weighted by Gasteiger charge is -2.14. The van der Waals surface area contributed by atoms with Gasteiger partial charge in [-0.25, -0.2) is 9.97 Å². The highest BCUT2D eigenvalue weighted by Crippen LogP contribution is 2.47. The number of nitrogens with zero attached hydrogens (tertiary/aromatic N) is 5. The van der Waals surface area contributed by atoms with Gasteiger partial charge in [-0.1, -0.05) is 115 Å². The van der Waals surface area contributed by atoms with Gasteiger partial charge in [0, 0.05) is 54.3 Å². The van der Waals surface area contributed by atoms with Crippen LogP contribution in [-0.4, -0.2) is 23.5 Å². The first-order chi connectivity index (χ1) is 27.3. The van der Waals surface area contributed by atoms with E-state index in [2.05, 4.69) is 177 Å². The Morgan fingerprint density at radius 2 is 0.891 bits per heavy atom. The molecule has 0 radical (unpaired) electrons. The first-order valence-electron chi connectivity index (χ1n) is 18.8. The second kappa shape index (κ2) is 10.6. The third-order valence-corrected chi connectivity index (χ3v) is 11.7. The summed E-state index contributed by atoms with van der Waals surface area (Å²) in [4.78, 5) is 11.0. The summed E-state index contributed by atoms with van der Waals surface area (Å²) in [6.45, 7) is 0. The molecule has 0 aliphatic rings. The van der Waals surface area contributed by atoms with E-state index in [0.717, 1.165) is 50.3 Å². The zero-order chi connectivity index (χ0) is 35.8. The Hall–Kier alpha value is -7.50. The molecule has 0 fully saturated rings. The fourth-order valence-corrected chi connectivity index (χ4v) is 9.51. The summed E-state index contributed by atoms with van der Waals surface area (Å²) in [6, 6.07) is 63.2. The minimum atomic E-state index is 0.813. The van der Waals surface area contributed by atoms with Crippen molar-refractivity contribution >= 4 is 92.7 Å². The molecule has 5 heteroatoms. The van der Waals surface area contributed by atoms with Crippen LogP contribution in [-0.2, 0) is 0 Å². The molecular formula is C50H29N5. The molecule has 5 nitrogen and oxygen atoms in total. The van der Waals surface area contributed by atoms with Gasteiger partial charge in [0.1, 0.15) is 5.69 Å². The standard InChI is InChI=1S/C50H29N5/c1-2-14-31(15-3-1)53-40-22-10-4-16-32(40)34-27-26-30(28-44(34)53)48-50(52-39-21-9-8-20-38(39)51-48)55-43-25-13-6-18-35(43)46-45(55)29-37-33-17-5-11-23-41(33)54-42-24-12-7-19-36(42)47(46)49(37)54/h1-29H. The van der Waals surface area contributed by atoms with Crippen molar-refractivity contribution in [2.45, 2.75) is 0 Å². The number of fused-ring (bicyclic) bond motifs is 14. The fraction of sp³-hybridized carbons (Fsp3) is 0. The first-order valence-corrected chi connectivity index (χ1v) is 18.8. The van der Waals surface area contributed by atoms with Crippen LogP contribution in [0.4, 0.5) is 0 Å². The molecule has 0 N–H and O–H groups in total. The number of hydrogen-bond donors (Lipinski definition) is 0. The summed E-state index contributed by atoms with van der Waals surface area (Å²) in [5.74, 6) is 0.813. The molecule has 0 aliphatic carbocycles. The maximum absolute atomic E-state index is 5.53. The molecule has 5 heterocycles. The van der Waals surface area contributed by atoms with E-state index in [1.165, 1.54) is 65.2 Å². The monoisotopic (exact) mass is 699 g/mol. The Kier molecular flexibility index (Phi) is 5.57. The topological polar surface area (TPSA) is 40.0 Å². The number of benzene rings is 8. The zero-order valence-corrected chi connectivity index (χ0v) is 29.5. The van der Waals surface area contributed by atoms with Crippen LogP contribution in [0.3, 0.4) is 0 Å². The number of aromatic nitrogens is 5. The van der Waals surface area contributed by atoms with Gasteiger partial charge in [0.15, 0.2) is 5.82 Å². The van der Waals surface area contributed by atoms with Crippen LogP contribution in [0.2, 0.25) is 0 Å². The Labute approximate surface area is 313 Å². The largest absolute Gasteiger partial charge is 0.309 e. The second-order valence-electron chi connectivity index (χ2n) is 14.6. The van der Waals surface area contributed by atoms with Crippen LogP contribution in [0.15, 0.2) is 176 Å². The van der Waals surface area contributed by atoms with Crippen LogP contribution in [0.25, 0.3) is 116 Å². The Morgan fingerprint density at radius 3 is 1.64 bits per heavy atom. The zero-order valence-electron chi connectivity index (χ0n) is 29.5. The van der Waals surface area contributed by atoms with Gasteiger partial charge in [-0.05, 0) is 60.7 Å². The van der Waals surface area contributed by atoms with Gasteiger partial charge < -0.3 is 8.97 Å². The summed E-state index contributed by atoms with van der Waals surface area (Å²) in [5, 5.41) is 9.88. The van der Waals surface area contributed by atoms with Gasteiger partial charge in [0.2, 0.25) is 0 Å². The van der Waals surface area contributed by atoms with Crippen molar-refractivity contribution in [2.75, 3.05) is 0 Å². The molecule has 5 aromatic heterocycles. The summed E-state index contributed by atoms with van der Waals surface area (Å²) in [7, 11) is 0. The number of rotatable bonds is 3. The molecular weight excluding hydrogens is 671 g/mol. The molecule has 13 rings (SSSR count). The average molecular weight is 700 g/mol. The van der Waals surface area contributed by atoms with Crippen molar-refractivity contribution in [3.8, 4) is 22.8 Å². The lowest BCUT2D eigenvalue weighted by Crippen LogP contribution is -2.04. The van der Waals surface area contributed by atoms with Crippen molar-refractivity contribution < 1.29 is 0 Å². The first kappa shape index (κ1) is 29.0. The van der Waals surface area contributed by atoms with Crippen molar-refractivity contribution in [1.82, 2.24) is 23.5 Å². The van der Waals surface area contributed by atoms with Gasteiger partial charge in [0.05, 0.1) is 49.7 Å². The summed E-state index contributed by atoms with van der Waals surface area (Å²) >= 11 is 0. The average Bonchev–Trinajstić information content (AvgIpc) is 3.97. The van der Waals surface area contributed by atoms with E-state index in [0.29, 0.717) is 0 Å². The van der Waals surface area contributed by atoms with Crippen LogP contribution < -0.4 is 0 Å². The molecule has 254 valence electrons. The van der Waals surface area contributed by atoms with Crippen molar-refractivity contribution in [3.63, 3.8) is 0 Å². The second-order valence-corrected chi connectivity index (χ2v) is 14.6. The molecule has 0 saturated carbocycles. The van der Waals surface area contributed by atoms with Crippen LogP contribution in [0.1, 0.15) is 0 Å². The number of para-hydroxylation sites is 7. The maximum atomic E-state index is 5.53. The van der Waals surface area contributed by atoms with E-state index in [1.807, 2.05) is 12.1 Å². The molecule has 0 unspecified atom stereocenters. The van der Waals surface area contributed by atoms with E-state index in [4.69, 9.17) is 9.97 Å². The van der Waals surface area contributed by atoms with Crippen LogP contribution in [0.5, 0.6) is 0 Å². The normalized spacial score (nSPS) is 12.4. The van der Waals surface area contributed by atoms with Crippen molar-refractivity contribution in [2.24, 2.45) is 0 Å². The Bertz CT molecular complexity index is 3720. The molecule has 0 aliphatic heterocycles. The Balaban J connectivity index is 1.20. The van der Waals surface area contributed by atoms with Crippen molar-refractivity contribution in [1.29, 1.82) is 0 Å². The molecule has 8 aromatic carbocycles. The molecule has 0 spiro atoms. The fourth-order valence-electron chi connectivity index (χ4n) is 9.51. The van der Waals surface area contributed by atoms with E-state index < -0.39 is 0 Å². The van der Waals surface area contributed by atoms with E-state index in [1.54, 1.807) is 0 Å². The SMILES string of the molecule is c1ccc(-n2c3ccccc3c3ccc(-c4nc5ccccc5nc4-n4c5ccccc5c5c6c7ccccc7n7c8ccccc8c(cc54)c67)cc32)cc1. The predicted octanol–water partition coefficient (Wildman–Crippen LogP) is 12.6. The van der Waals surface area contributed by atoms with E-state index >= 15 is 0 Å². The van der Waals surface area contributed by atoms with Crippen LogP contribution >= 0.6 is 0 Å². The van der Waals surface area contributed by atoms with Crippen LogP contribution in [0, 0.1) is 0 Å². The molecule has 55 heavy (non-hydrogen) atoms. The summed E-state index contributed by atoms with van der Waals surface area (Å²) in [6.07, 6.45) is 0. The van der Waals surface area contributed by atoms with Gasteiger partial charge in [-0.15, -0.1) is 0 Å². The van der Waals surface area contributed by atoms with E-state index in [9.17, 15) is 0 Å². The third-order valence-electron chi connectivity index (χ3n) is 11.7. The highest BCUT2D eigenvalue weighted by atomic mass is 15.1. The minimum Gasteiger partial charge on any atom is -0.309 e. The number of hydrogen-bond acceptors (Lipinski definition) is 2. The summed E-state index contributed by atoms with van der Waals surface area (Å²) < 4.78 is 7.21. The molecule has 13 aromatic rings.